The van der Waals surface area contributed by atoms with E-state index in [-0.39, 0.29) is 5.92 Å². The van der Waals surface area contributed by atoms with E-state index < -0.39 is 0 Å². The average Bonchev–Trinajstić information content (AvgIpc) is 2.88. The van der Waals surface area contributed by atoms with Gasteiger partial charge in [0, 0.05) is 25.2 Å². The molecule has 0 aliphatic carbocycles. The third kappa shape index (κ3) is 3.66. The fraction of sp³-hybridized carbons (Fsp3) is 0.733. The molecule has 2 heterocycles. The molecule has 2 rings (SSSR count). The standard InChI is InChI=1S/C15H25N3O/c1-4-13-9-16-18(10-13)14-5-7-17(8-6-14)11-15(19)12(2)3/h9-10,12,14H,4-8,11H2,1-3H3. The van der Waals surface area contributed by atoms with E-state index in [1.165, 1.54) is 5.56 Å². The Hall–Kier alpha value is -1.16. The Morgan fingerprint density at radius 1 is 1.42 bits per heavy atom. The number of carbonyl (C=O) groups is 1. The minimum atomic E-state index is 0.149. The summed E-state index contributed by atoms with van der Waals surface area (Å²) < 4.78 is 2.11. The molecule has 106 valence electrons. The number of hydrogen-bond donors (Lipinski definition) is 0. The summed E-state index contributed by atoms with van der Waals surface area (Å²) in [7, 11) is 0. The zero-order chi connectivity index (χ0) is 13.8. The highest BCUT2D eigenvalue weighted by Gasteiger charge is 2.23. The maximum absolute atomic E-state index is 11.7. The lowest BCUT2D eigenvalue weighted by atomic mass is 10.0. The molecule has 1 aliphatic rings. The Morgan fingerprint density at radius 2 is 2.11 bits per heavy atom. The topological polar surface area (TPSA) is 38.1 Å². The summed E-state index contributed by atoms with van der Waals surface area (Å²) in [6.07, 6.45) is 7.36. The second-order valence-electron chi connectivity index (χ2n) is 5.81. The van der Waals surface area contributed by atoms with Crippen LogP contribution in [0.5, 0.6) is 0 Å². The highest BCUT2D eigenvalue weighted by atomic mass is 16.1. The van der Waals surface area contributed by atoms with Crippen molar-refractivity contribution in [3.05, 3.63) is 18.0 Å². The SMILES string of the molecule is CCc1cnn(C2CCN(CC(=O)C(C)C)CC2)c1. The number of nitrogens with zero attached hydrogens (tertiary/aromatic N) is 3. The zero-order valence-corrected chi connectivity index (χ0v) is 12.3. The van der Waals surface area contributed by atoms with E-state index >= 15 is 0 Å². The lowest BCUT2D eigenvalue weighted by Gasteiger charge is -2.31. The van der Waals surface area contributed by atoms with Crippen LogP contribution in [-0.2, 0) is 11.2 Å². The van der Waals surface area contributed by atoms with E-state index in [0.29, 0.717) is 18.4 Å². The lowest BCUT2D eigenvalue weighted by Crippen LogP contribution is -2.39. The first-order valence-corrected chi connectivity index (χ1v) is 7.38. The van der Waals surface area contributed by atoms with Gasteiger partial charge in [0.15, 0.2) is 0 Å². The van der Waals surface area contributed by atoms with Gasteiger partial charge < -0.3 is 0 Å². The monoisotopic (exact) mass is 263 g/mol. The summed E-state index contributed by atoms with van der Waals surface area (Å²) in [5.41, 5.74) is 1.30. The number of rotatable bonds is 5. The van der Waals surface area contributed by atoms with Gasteiger partial charge in [-0.1, -0.05) is 20.8 Å². The van der Waals surface area contributed by atoms with Gasteiger partial charge in [0.05, 0.1) is 18.8 Å². The molecule has 1 fully saturated rings. The van der Waals surface area contributed by atoms with Gasteiger partial charge in [-0.2, -0.15) is 5.10 Å². The van der Waals surface area contributed by atoms with Crippen molar-refractivity contribution >= 4 is 5.78 Å². The number of hydrogen-bond acceptors (Lipinski definition) is 3. The fourth-order valence-corrected chi connectivity index (χ4v) is 2.50. The number of aromatic nitrogens is 2. The average molecular weight is 263 g/mol. The zero-order valence-electron chi connectivity index (χ0n) is 12.3. The van der Waals surface area contributed by atoms with Crippen molar-refractivity contribution in [2.45, 2.75) is 46.1 Å². The van der Waals surface area contributed by atoms with Gasteiger partial charge in [0.25, 0.3) is 0 Å². The van der Waals surface area contributed by atoms with Crippen molar-refractivity contribution in [3.8, 4) is 0 Å². The van der Waals surface area contributed by atoms with Crippen LogP contribution < -0.4 is 0 Å². The molecule has 0 bridgehead atoms. The molecular weight excluding hydrogens is 238 g/mol. The molecule has 0 saturated carbocycles. The van der Waals surface area contributed by atoms with Crippen LogP contribution in [0.1, 0.15) is 45.2 Å². The second-order valence-corrected chi connectivity index (χ2v) is 5.81. The van der Waals surface area contributed by atoms with E-state index in [2.05, 4.69) is 27.8 Å². The van der Waals surface area contributed by atoms with E-state index in [0.717, 1.165) is 32.4 Å². The van der Waals surface area contributed by atoms with Gasteiger partial charge in [0.1, 0.15) is 5.78 Å². The van der Waals surface area contributed by atoms with Crippen LogP contribution in [0.2, 0.25) is 0 Å². The van der Waals surface area contributed by atoms with Gasteiger partial charge in [-0.15, -0.1) is 0 Å². The van der Waals surface area contributed by atoms with Gasteiger partial charge in [0.2, 0.25) is 0 Å². The molecule has 0 aromatic carbocycles. The number of aryl methyl sites for hydroxylation is 1. The molecule has 1 aromatic rings. The molecule has 1 saturated heterocycles. The first-order chi connectivity index (χ1) is 9.10. The summed E-state index contributed by atoms with van der Waals surface area (Å²) in [6.45, 7) is 8.73. The van der Waals surface area contributed by atoms with Crippen LogP contribution in [-0.4, -0.2) is 40.1 Å². The highest BCUT2D eigenvalue weighted by molar-refractivity contribution is 5.82. The molecule has 0 unspecified atom stereocenters. The highest BCUT2D eigenvalue weighted by Crippen LogP contribution is 2.22. The minimum absolute atomic E-state index is 0.149. The molecule has 1 aromatic heterocycles. The summed E-state index contributed by atoms with van der Waals surface area (Å²) >= 11 is 0. The largest absolute Gasteiger partial charge is 0.298 e. The fourth-order valence-electron chi connectivity index (χ4n) is 2.50. The van der Waals surface area contributed by atoms with Crippen molar-refractivity contribution in [1.82, 2.24) is 14.7 Å². The van der Waals surface area contributed by atoms with Crippen LogP contribution >= 0.6 is 0 Å². The van der Waals surface area contributed by atoms with E-state index in [1.807, 2.05) is 20.0 Å². The molecule has 4 nitrogen and oxygen atoms in total. The summed E-state index contributed by atoms with van der Waals surface area (Å²) in [5.74, 6) is 0.502. The van der Waals surface area contributed by atoms with Crippen LogP contribution in [0.4, 0.5) is 0 Å². The number of carbonyl (C=O) groups excluding carboxylic acids is 1. The van der Waals surface area contributed by atoms with Crippen molar-refractivity contribution in [2.75, 3.05) is 19.6 Å². The van der Waals surface area contributed by atoms with Gasteiger partial charge in [-0.05, 0) is 24.8 Å². The summed E-state index contributed by atoms with van der Waals surface area (Å²) in [4.78, 5) is 14.0. The minimum Gasteiger partial charge on any atom is -0.298 e. The second kappa shape index (κ2) is 6.33. The van der Waals surface area contributed by atoms with Gasteiger partial charge in [-0.25, -0.2) is 0 Å². The first-order valence-electron chi connectivity index (χ1n) is 7.38. The molecule has 0 spiro atoms. The lowest BCUT2D eigenvalue weighted by molar-refractivity contribution is -0.123. The molecule has 1 aliphatic heterocycles. The van der Waals surface area contributed by atoms with E-state index in [9.17, 15) is 4.79 Å². The molecule has 0 N–H and O–H groups in total. The Balaban J connectivity index is 1.83. The van der Waals surface area contributed by atoms with Crippen molar-refractivity contribution in [1.29, 1.82) is 0 Å². The molecule has 4 heteroatoms. The van der Waals surface area contributed by atoms with Gasteiger partial charge >= 0.3 is 0 Å². The van der Waals surface area contributed by atoms with Crippen LogP contribution in [0.25, 0.3) is 0 Å². The predicted molar refractivity (Wildman–Crippen MR) is 76.2 cm³/mol. The smallest absolute Gasteiger partial charge is 0.149 e. The number of piperidine rings is 1. The van der Waals surface area contributed by atoms with E-state index in [1.54, 1.807) is 0 Å². The maximum Gasteiger partial charge on any atom is 0.149 e. The van der Waals surface area contributed by atoms with Gasteiger partial charge in [-0.3, -0.25) is 14.4 Å². The summed E-state index contributed by atoms with van der Waals surface area (Å²) in [6, 6.07) is 0.505. The Kier molecular flexibility index (Phi) is 4.75. The molecule has 0 amide bonds. The molecule has 0 radical (unpaired) electrons. The molecule has 19 heavy (non-hydrogen) atoms. The molecule has 0 atom stereocenters. The van der Waals surface area contributed by atoms with Crippen molar-refractivity contribution in [2.24, 2.45) is 5.92 Å². The predicted octanol–water partition coefficient (Wildman–Crippen LogP) is 2.31. The Labute approximate surface area is 115 Å². The van der Waals surface area contributed by atoms with Crippen LogP contribution in [0, 0.1) is 5.92 Å². The summed E-state index contributed by atoms with van der Waals surface area (Å²) in [5, 5.41) is 4.46. The third-order valence-corrected chi connectivity index (χ3v) is 4.02. The Morgan fingerprint density at radius 3 is 2.63 bits per heavy atom. The van der Waals surface area contributed by atoms with E-state index in [4.69, 9.17) is 0 Å². The third-order valence-electron chi connectivity index (χ3n) is 4.02. The normalized spacial score (nSPS) is 18.1. The quantitative estimate of drug-likeness (QED) is 0.818. The van der Waals surface area contributed by atoms with Crippen molar-refractivity contribution < 1.29 is 4.79 Å². The first kappa shape index (κ1) is 14.3. The maximum atomic E-state index is 11.7. The van der Waals surface area contributed by atoms with Crippen molar-refractivity contribution in [3.63, 3.8) is 0 Å². The van der Waals surface area contributed by atoms with Crippen LogP contribution in [0.3, 0.4) is 0 Å². The number of likely N-dealkylation sites (tertiary alicyclic amines) is 1. The number of ketones is 1. The van der Waals surface area contributed by atoms with Crippen LogP contribution in [0.15, 0.2) is 12.4 Å². The number of Topliss-reactive ketones (excluding diaryl/α,β-unsaturated/α-hetero) is 1. The molecular formula is C15H25N3O. The Bertz CT molecular complexity index is 417.